The van der Waals surface area contributed by atoms with Gasteiger partial charge in [-0.2, -0.15) is 5.26 Å². The van der Waals surface area contributed by atoms with Gasteiger partial charge >= 0.3 is 5.69 Å². The Hall–Kier alpha value is -2.62. The van der Waals surface area contributed by atoms with E-state index in [1.807, 2.05) is 0 Å². The molecule has 1 aromatic rings. The summed E-state index contributed by atoms with van der Waals surface area (Å²) < 4.78 is 4.74. The lowest BCUT2D eigenvalue weighted by Gasteiger charge is -2.05. The normalized spacial score (nSPS) is 9.25. The van der Waals surface area contributed by atoms with Gasteiger partial charge in [-0.1, -0.05) is 0 Å². The molecule has 0 heterocycles. The van der Waals surface area contributed by atoms with Gasteiger partial charge in [0.25, 0.3) is 5.91 Å². The molecule has 7 nitrogen and oxygen atoms in total. The fourth-order valence-electron chi connectivity index (χ4n) is 1.26. The maximum atomic E-state index is 11.1. The molecule has 0 aliphatic rings. The zero-order valence-corrected chi connectivity index (χ0v) is 8.26. The maximum absolute atomic E-state index is 11.1. The molecule has 1 aromatic carbocycles. The second kappa shape index (κ2) is 4.27. The Morgan fingerprint density at radius 1 is 1.62 bits per heavy atom. The van der Waals surface area contributed by atoms with Gasteiger partial charge in [0.2, 0.25) is 0 Å². The van der Waals surface area contributed by atoms with Crippen molar-refractivity contribution in [3.8, 4) is 11.8 Å². The van der Waals surface area contributed by atoms with Gasteiger partial charge in [-0.05, 0) is 12.1 Å². The molecular formula is C9H7N3O4. The predicted octanol–water partition coefficient (Wildman–Crippen LogP) is 0.574. The first-order valence-corrected chi connectivity index (χ1v) is 4.08. The van der Waals surface area contributed by atoms with Crippen LogP contribution in [0.1, 0.15) is 15.9 Å². The summed E-state index contributed by atoms with van der Waals surface area (Å²) in [5.74, 6) is -1.15. The van der Waals surface area contributed by atoms with Crippen molar-refractivity contribution in [2.24, 2.45) is 5.73 Å². The van der Waals surface area contributed by atoms with E-state index in [0.717, 1.165) is 0 Å². The molecule has 7 heteroatoms. The van der Waals surface area contributed by atoms with Crippen LogP contribution in [0, 0.1) is 21.4 Å². The topological polar surface area (TPSA) is 119 Å². The van der Waals surface area contributed by atoms with Crippen molar-refractivity contribution in [3.63, 3.8) is 0 Å². The minimum Gasteiger partial charge on any atom is -0.490 e. The molecule has 1 amide bonds. The number of benzene rings is 1. The number of hydrogen-bond donors (Lipinski definition) is 1. The molecule has 0 radical (unpaired) electrons. The maximum Gasteiger partial charge on any atom is 0.324 e. The van der Waals surface area contributed by atoms with E-state index in [2.05, 4.69) is 0 Å². The van der Waals surface area contributed by atoms with Crippen molar-refractivity contribution in [3.05, 3.63) is 33.4 Å². The number of methoxy groups -OCH3 is 1. The number of nitrogens with zero attached hydrogens (tertiary/aromatic N) is 2. The summed E-state index contributed by atoms with van der Waals surface area (Å²) in [6.45, 7) is 0. The van der Waals surface area contributed by atoms with Crippen LogP contribution in [0.3, 0.4) is 0 Å². The van der Waals surface area contributed by atoms with Crippen molar-refractivity contribution in [2.45, 2.75) is 0 Å². The Morgan fingerprint density at radius 3 is 2.62 bits per heavy atom. The van der Waals surface area contributed by atoms with E-state index in [9.17, 15) is 14.9 Å². The van der Waals surface area contributed by atoms with E-state index in [-0.39, 0.29) is 11.3 Å². The molecule has 0 aromatic heterocycles. The van der Waals surface area contributed by atoms with E-state index >= 15 is 0 Å². The van der Waals surface area contributed by atoms with Gasteiger partial charge in [0, 0.05) is 0 Å². The van der Waals surface area contributed by atoms with Crippen molar-refractivity contribution < 1.29 is 14.5 Å². The number of nitro groups is 1. The Kier molecular flexibility index (Phi) is 3.06. The van der Waals surface area contributed by atoms with Crippen LogP contribution in [-0.4, -0.2) is 17.9 Å². The number of carbonyl (C=O) groups is 1. The van der Waals surface area contributed by atoms with E-state index < -0.39 is 22.1 Å². The summed E-state index contributed by atoms with van der Waals surface area (Å²) in [4.78, 5) is 21.1. The summed E-state index contributed by atoms with van der Waals surface area (Å²) in [6.07, 6.45) is 0. The van der Waals surface area contributed by atoms with Crippen LogP contribution < -0.4 is 10.5 Å². The molecule has 0 aliphatic heterocycles. The highest BCUT2D eigenvalue weighted by molar-refractivity contribution is 6.00. The molecule has 0 bridgehead atoms. The molecule has 0 spiro atoms. The number of primary amides is 1. The standard InChI is InChI=1S/C9H7N3O4/c1-16-6-3-2-5(4-10)7(9(11)13)8(6)12(14)15/h2-3H,1H3,(H2,11,13). The first-order chi connectivity index (χ1) is 7.52. The van der Waals surface area contributed by atoms with E-state index in [4.69, 9.17) is 15.7 Å². The number of amides is 1. The van der Waals surface area contributed by atoms with Crippen LogP contribution >= 0.6 is 0 Å². The molecule has 82 valence electrons. The molecule has 0 saturated heterocycles. The lowest BCUT2D eigenvalue weighted by molar-refractivity contribution is -0.386. The molecule has 0 fully saturated rings. The molecule has 16 heavy (non-hydrogen) atoms. The second-order valence-corrected chi connectivity index (χ2v) is 2.77. The van der Waals surface area contributed by atoms with Crippen LogP contribution in [0.15, 0.2) is 12.1 Å². The highest BCUT2D eigenvalue weighted by atomic mass is 16.6. The van der Waals surface area contributed by atoms with Crippen LogP contribution in [-0.2, 0) is 0 Å². The Morgan fingerprint density at radius 2 is 2.25 bits per heavy atom. The third kappa shape index (κ3) is 1.76. The molecule has 0 atom stereocenters. The number of nitriles is 1. The number of carbonyl (C=O) groups excluding carboxylic acids is 1. The number of hydrogen-bond acceptors (Lipinski definition) is 5. The lowest BCUT2D eigenvalue weighted by Crippen LogP contribution is -2.16. The average Bonchev–Trinajstić information content (AvgIpc) is 2.26. The van der Waals surface area contributed by atoms with Crippen molar-refractivity contribution in [1.29, 1.82) is 5.26 Å². The lowest BCUT2D eigenvalue weighted by atomic mass is 10.1. The van der Waals surface area contributed by atoms with Gasteiger partial charge in [0.05, 0.1) is 17.6 Å². The van der Waals surface area contributed by atoms with Crippen molar-refractivity contribution >= 4 is 11.6 Å². The minimum absolute atomic E-state index is 0.113. The summed E-state index contributed by atoms with van der Waals surface area (Å²) in [7, 11) is 1.22. The zero-order chi connectivity index (χ0) is 12.3. The summed E-state index contributed by atoms with van der Waals surface area (Å²) in [5, 5.41) is 19.5. The molecule has 0 saturated carbocycles. The molecule has 0 aliphatic carbocycles. The number of ether oxygens (including phenoxy) is 1. The summed E-state index contributed by atoms with van der Waals surface area (Å²) in [5.41, 5.74) is 3.82. The van der Waals surface area contributed by atoms with Gasteiger partial charge in [0.1, 0.15) is 11.6 Å². The second-order valence-electron chi connectivity index (χ2n) is 2.77. The van der Waals surface area contributed by atoms with E-state index in [0.29, 0.717) is 0 Å². The Balaban J connectivity index is 3.68. The number of nitro benzene ring substituents is 1. The van der Waals surface area contributed by atoms with Gasteiger partial charge in [-0.15, -0.1) is 0 Å². The molecule has 1 rings (SSSR count). The summed E-state index contributed by atoms with van der Waals surface area (Å²) >= 11 is 0. The molecule has 0 unspecified atom stereocenters. The van der Waals surface area contributed by atoms with Crippen molar-refractivity contribution in [1.82, 2.24) is 0 Å². The smallest absolute Gasteiger partial charge is 0.324 e. The Bertz CT molecular complexity index is 504. The molecule has 2 N–H and O–H groups in total. The first-order valence-electron chi connectivity index (χ1n) is 4.08. The third-order valence-electron chi connectivity index (χ3n) is 1.91. The third-order valence-corrected chi connectivity index (χ3v) is 1.91. The van der Waals surface area contributed by atoms with Crippen LogP contribution in [0.2, 0.25) is 0 Å². The predicted molar refractivity (Wildman–Crippen MR) is 52.9 cm³/mol. The average molecular weight is 221 g/mol. The monoisotopic (exact) mass is 221 g/mol. The van der Waals surface area contributed by atoms with E-state index in [1.54, 1.807) is 6.07 Å². The Labute approximate surface area is 90.2 Å². The zero-order valence-electron chi connectivity index (χ0n) is 8.26. The first kappa shape index (κ1) is 11.5. The van der Waals surface area contributed by atoms with Gasteiger partial charge in [-0.25, -0.2) is 0 Å². The van der Waals surface area contributed by atoms with Gasteiger partial charge in [0.15, 0.2) is 5.75 Å². The van der Waals surface area contributed by atoms with E-state index in [1.165, 1.54) is 19.2 Å². The number of rotatable bonds is 3. The van der Waals surface area contributed by atoms with Crippen LogP contribution in [0.25, 0.3) is 0 Å². The SMILES string of the molecule is COc1ccc(C#N)c(C(N)=O)c1[N+](=O)[O-]. The van der Waals surface area contributed by atoms with Gasteiger partial charge in [-0.3, -0.25) is 14.9 Å². The fourth-order valence-corrected chi connectivity index (χ4v) is 1.26. The van der Waals surface area contributed by atoms with Crippen molar-refractivity contribution in [2.75, 3.05) is 7.11 Å². The largest absolute Gasteiger partial charge is 0.490 e. The highest BCUT2D eigenvalue weighted by Gasteiger charge is 2.27. The molecular weight excluding hydrogens is 214 g/mol. The highest BCUT2D eigenvalue weighted by Crippen LogP contribution is 2.32. The quantitative estimate of drug-likeness (QED) is 0.591. The van der Waals surface area contributed by atoms with Gasteiger partial charge < -0.3 is 10.5 Å². The fraction of sp³-hybridized carbons (Fsp3) is 0.111. The number of nitrogens with two attached hydrogens (primary N) is 1. The van der Waals surface area contributed by atoms with Crippen LogP contribution in [0.4, 0.5) is 5.69 Å². The minimum atomic E-state index is -1.04. The summed E-state index contributed by atoms with van der Waals surface area (Å²) in [6, 6.07) is 4.14. The van der Waals surface area contributed by atoms with Crippen LogP contribution in [0.5, 0.6) is 5.75 Å².